The molecule has 114 valence electrons. The van der Waals surface area contributed by atoms with Crippen LogP contribution in [0, 0.1) is 5.82 Å². The molecule has 1 atom stereocenters. The van der Waals surface area contributed by atoms with E-state index in [0.717, 1.165) is 19.5 Å². The molecule has 3 heterocycles. The van der Waals surface area contributed by atoms with Gasteiger partial charge >= 0.3 is 0 Å². The predicted octanol–water partition coefficient (Wildman–Crippen LogP) is 1.50. The van der Waals surface area contributed by atoms with Crippen molar-refractivity contribution in [1.82, 2.24) is 14.8 Å². The number of piperidine rings is 1. The standard InChI is InChI=1S/C15H21FN4O/c16-13-12(4-6-18-14(13)17)15(21)20-9-5-11(10-20)19-7-2-1-3-8-19/h4,6,11H,1-3,5,7-10H2,(H2,17,18). The summed E-state index contributed by atoms with van der Waals surface area (Å²) in [6, 6.07) is 1.82. The van der Waals surface area contributed by atoms with Crippen molar-refractivity contribution < 1.29 is 9.18 Å². The summed E-state index contributed by atoms with van der Waals surface area (Å²) in [6.07, 6.45) is 6.12. The number of aromatic nitrogens is 1. The van der Waals surface area contributed by atoms with Crippen LogP contribution in [0.3, 0.4) is 0 Å². The van der Waals surface area contributed by atoms with Crippen LogP contribution >= 0.6 is 0 Å². The van der Waals surface area contributed by atoms with Crippen LogP contribution in [-0.2, 0) is 0 Å². The zero-order valence-electron chi connectivity index (χ0n) is 12.1. The number of nitrogens with two attached hydrogens (primary N) is 1. The Morgan fingerprint density at radius 3 is 2.81 bits per heavy atom. The number of amides is 1. The van der Waals surface area contributed by atoms with Gasteiger partial charge in [0.2, 0.25) is 0 Å². The molecule has 0 saturated carbocycles. The van der Waals surface area contributed by atoms with Crippen molar-refractivity contribution in [3.63, 3.8) is 0 Å². The Balaban J connectivity index is 1.68. The molecule has 3 rings (SSSR count). The van der Waals surface area contributed by atoms with Crippen molar-refractivity contribution in [2.24, 2.45) is 0 Å². The highest BCUT2D eigenvalue weighted by atomic mass is 19.1. The van der Waals surface area contributed by atoms with E-state index < -0.39 is 5.82 Å². The topological polar surface area (TPSA) is 62.5 Å². The first-order valence-electron chi connectivity index (χ1n) is 7.60. The van der Waals surface area contributed by atoms with E-state index in [1.807, 2.05) is 0 Å². The summed E-state index contributed by atoms with van der Waals surface area (Å²) >= 11 is 0. The lowest BCUT2D eigenvalue weighted by Gasteiger charge is -2.32. The lowest BCUT2D eigenvalue weighted by molar-refractivity contribution is 0.0767. The van der Waals surface area contributed by atoms with Crippen LogP contribution in [0.25, 0.3) is 0 Å². The maximum absolute atomic E-state index is 13.9. The first kappa shape index (κ1) is 14.3. The van der Waals surface area contributed by atoms with Gasteiger partial charge in [-0.15, -0.1) is 0 Å². The molecule has 1 amide bonds. The van der Waals surface area contributed by atoms with Gasteiger partial charge in [0, 0.05) is 25.3 Å². The van der Waals surface area contributed by atoms with Gasteiger partial charge in [0.05, 0.1) is 5.56 Å². The molecule has 2 saturated heterocycles. The van der Waals surface area contributed by atoms with E-state index in [2.05, 4.69) is 9.88 Å². The SMILES string of the molecule is Nc1nccc(C(=O)N2CCC(N3CCCCC3)C2)c1F. The molecule has 1 aromatic rings. The monoisotopic (exact) mass is 292 g/mol. The Bertz CT molecular complexity index is 530. The number of hydrogen-bond donors (Lipinski definition) is 1. The van der Waals surface area contributed by atoms with Crippen molar-refractivity contribution in [2.75, 3.05) is 31.9 Å². The van der Waals surface area contributed by atoms with Crippen LogP contribution in [0.4, 0.5) is 10.2 Å². The molecular formula is C15H21FN4O. The molecule has 2 aliphatic heterocycles. The van der Waals surface area contributed by atoms with Crippen molar-refractivity contribution in [3.8, 4) is 0 Å². The molecule has 1 unspecified atom stereocenters. The quantitative estimate of drug-likeness (QED) is 0.897. The van der Waals surface area contributed by atoms with E-state index in [4.69, 9.17) is 5.73 Å². The van der Waals surface area contributed by atoms with E-state index in [1.54, 1.807) is 4.90 Å². The fourth-order valence-electron chi connectivity index (χ4n) is 3.30. The summed E-state index contributed by atoms with van der Waals surface area (Å²) < 4.78 is 13.9. The molecule has 0 radical (unpaired) electrons. The summed E-state index contributed by atoms with van der Waals surface area (Å²) in [6.45, 7) is 3.59. The number of hydrogen-bond acceptors (Lipinski definition) is 4. The molecule has 0 aromatic carbocycles. The van der Waals surface area contributed by atoms with Gasteiger partial charge in [0.25, 0.3) is 5.91 Å². The van der Waals surface area contributed by atoms with Gasteiger partial charge in [-0.2, -0.15) is 0 Å². The maximum atomic E-state index is 13.9. The average molecular weight is 292 g/mol. The molecule has 6 heteroatoms. The third-order valence-electron chi connectivity index (χ3n) is 4.50. The Labute approximate surface area is 123 Å². The highest BCUT2D eigenvalue weighted by Crippen LogP contribution is 2.23. The Hall–Kier alpha value is -1.69. The minimum Gasteiger partial charge on any atom is -0.381 e. The number of likely N-dealkylation sites (tertiary alicyclic amines) is 2. The number of anilines is 1. The van der Waals surface area contributed by atoms with Crippen molar-refractivity contribution in [3.05, 3.63) is 23.6 Å². The fraction of sp³-hybridized carbons (Fsp3) is 0.600. The number of nitrogen functional groups attached to an aromatic ring is 1. The van der Waals surface area contributed by atoms with Crippen LogP contribution in [0.2, 0.25) is 0 Å². The highest BCUT2D eigenvalue weighted by Gasteiger charge is 2.32. The van der Waals surface area contributed by atoms with E-state index in [-0.39, 0.29) is 17.3 Å². The first-order chi connectivity index (χ1) is 10.2. The minimum atomic E-state index is -0.705. The zero-order chi connectivity index (χ0) is 14.8. The Morgan fingerprint density at radius 2 is 2.05 bits per heavy atom. The van der Waals surface area contributed by atoms with Gasteiger partial charge < -0.3 is 10.6 Å². The number of pyridine rings is 1. The zero-order valence-corrected chi connectivity index (χ0v) is 12.1. The fourth-order valence-corrected chi connectivity index (χ4v) is 3.30. The summed E-state index contributed by atoms with van der Waals surface area (Å²) in [5.74, 6) is -1.20. The predicted molar refractivity (Wildman–Crippen MR) is 78.3 cm³/mol. The van der Waals surface area contributed by atoms with Crippen molar-refractivity contribution >= 4 is 11.7 Å². The molecule has 0 bridgehead atoms. The van der Waals surface area contributed by atoms with Crippen LogP contribution < -0.4 is 5.73 Å². The third kappa shape index (κ3) is 2.85. The van der Waals surface area contributed by atoms with Gasteiger partial charge in [-0.3, -0.25) is 9.69 Å². The molecule has 2 N–H and O–H groups in total. The van der Waals surface area contributed by atoms with Gasteiger partial charge in [-0.05, 0) is 38.4 Å². The van der Waals surface area contributed by atoms with E-state index >= 15 is 0 Å². The summed E-state index contributed by atoms with van der Waals surface area (Å²) in [7, 11) is 0. The Kier molecular flexibility index (Phi) is 4.05. The minimum absolute atomic E-state index is 0.0294. The lowest BCUT2D eigenvalue weighted by atomic mass is 10.1. The average Bonchev–Trinajstić information content (AvgIpc) is 3.00. The summed E-state index contributed by atoms with van der Waals surface area (Å²) in [4.78, 5) is 20.3. The first-order valence-corrected chi connectivity index (χ1v) is 7.60. The molecule has 2 fully saturated rings. The second-order valence-electron chi connectivity index (χ2n) is 5.85. The van der Waals surface area contributed by atoms with Crippen molar-refractivity contribution in [1.29, 1.82) is 0 Å². The largest absolute Gasteiger partial charge is 0.381 e. The van der Waals surface area contributed by atoms with E-state index in [1.165, 1.54) is 31.5 Å². The van der Waals surface area contributed by atoms with Crippen molar-refractivity contribution in [2.45, 2.75) is 31.7 Å². The number of rotatable bonds is 2. The number of carbonyl (C=O) groups excluding carboxylic acids is 1. The molecule has 5 nitrogen and oxygen atoms in total. The number of halogens is 1. The smallest absolute Gasteiger partial charge is 0.257 e. The lowest BCUT2D eigenvalue weighted by Crippen LogP contribution is -2.41. The highest BCUT2D eigenvalue weighted by molar-refractivity contribution is 5.95. The third-order valence-corrected chi connectivity index (χ3v) is 4.50. The van der Waals surface area contributed by atoms with Gasteiger partial charge in [0.15, 0.2) is 11.6 Å². The molecule has 0 aliphatic carbocycles. The van der Waals surface area contributed by atoms with Crippen LogP contribution in [-0.4, -0.2) is 52.9 Å². The normalized spacial score (nSPS) is 23.5. The Morgan fingerprint density at radius 1 is 1.29 bits per heavy atom. The number of carbonyl (C=O) groups is 1. The van der Waals surface area contributed by atoms with Gasteiger partial charge in [0.1, 0.15) is 0 Å². The van der Waals surface area contributed by atoms with Crippen LogP contribution in [0.5, 0.6) is 0 Å². The van der Waals surface area contributed by atoms with Crippen LogP contribution in [0.15, 0.2) is 12.3 Å². The number of nitrogens with zero attached hydrogens (tertiary/aromatic N) is 3. The molecule has 0 spiro atoms. The molecular weight excluding hydrogens is 271 g/mol. The van der Waals surface area contributed by atoms with Gasteiger partial charge in [-0.1, -0.05) is 6.42 Å². The second-order valence-corrected chi connectivity index (χ2v) is 5.85. The van der Waals surface area contributed by atoms with Crippen LogP contribution in [0.1, 0.15) is 36.0 Å². The second kappa shape index (κ2) is 5.97. The van der Waals surface area contributed by atoms with E-state index in [9.17, 15) is 9.18 Å². The molecule has 2 aliphatic rings. The maximum Gasteiger partial charge on any atom is 0.257 e. The molecule has 1 aromatic heterocycles. The molecule has 21 heavy (non-hydrogen) atoms. The summed E-state index contributed by atoms with van der Waals surface area (Å²) in [5.41, 5.74) is 5.47. The van der Waals surface area contributed by atoms with E-state index in [0.29, 0.717) is 19.1 Å². The summed E-state index contributed by atoms with van der Waals surface area (Å²) in [5, 5.41) is 0. The van der Waals surface area contributed by atoms with Gasteiger partial charge in [-0.25, -0.2) is 9.37 Å².